The lowest BCUT2D eigenvalue weighted by Crippen LogP contribution is -2.31. The van der Waals surface area contributed by atoms with E-state index < -0.39 is 12.1 Å². The largest absolute Gasteiger partial charge is 0.469 e. The minimum absolute atomic E-state index is 0.0196. The Morgan fingerprint density at radius 3 is 2.67 bits per heavy atom. The van der Waals surface area contributed by atoms with E-state index in [0.717, 1.165) is 11.3 Å². The van der Waals surface area contributed by atoms with Crippen molar-refractivity contribution in [3.63, 3.8) is 0 Å². The van der Waals surface area contributed by atoms with Gasteiger partial charge in [-0.3, -0.25) is 4.79 Å². The third-order valence-corrected chi connectivity index (χ3v) is 2.88. The summed E-state index contributed by atoms with van der Waals surface area (Å²) < 4.78 is 4.53. The van der Waals surface area contributed by atoms with Crippen LogP contribution in [0.2, 0.25) is 0 Å². The van der Waals surface area contributed by atoms with Crippen LogP contribution < -0.4 is 4.90 Å². The number of hydrogen-bond donors (Lipinski definition) is 1. The van der Waals surface area contributed by atoms with Crippen molar-refractivity contribution in [3.8, 4) is 0 Å². The predicted molar refractivity (Wildman–Crippen MR) is 71.8 cm³/mol. The maximum Gasteiger partial charge on any atom is 0.308 e. The summed E-state index contributed by atoms with van der Waals surface area (Å²) in [5, 5.41) is 9.79. The fourth-order valence-electron chi connectivity index (χ4n) is 1.99. The summed E-state index contributed by atoms with van der Waals surface area (Å²) in [4.78, 5) is 13.0. The van der Waals surface area contributed by atoms with Gasteiger partial charge in [0.05, 0.1) is 19.6 Å². The molecule has 0 aliphatic rings. The first kappa shape index (κ1) is 14.5. The SMILES string of the molecule is COC(=O)CC(O)CN(C)c1ccc(C)cc1C. The Morgan fingerprint density at radius 2 is 2.11 bits per heavy atom. The lowest BCUT2D eigenvalue weighted by molar-refractivity contribution is -0.142. The van der Waals surface area contributed by atoms with Gasteiger partial charge in [-0.15, -0.1) is 0 Å². The van der Waals surface area contributed by atoms with Gasteiger partial charge < -0.3 is 14.7 Å². The van der Waals surface area contributed by atoms with Crippen molar-refractivity contribution in [1.29, 1.82) is 0 Å². The van der Waals surface area contributed by atoms with Crippen molar-refractivity contribution in [3.05, 3.63) is 29.3 Å². The van der Waals surface area contributed by atoms with E-state index in [2.05, 4.69) is 10.8 Å². The first-order valence-electron chi connectivity index (χ1n) is 5.97. The zero-order valence-corrected chi connectivity index (χ0v) is 11.4. The molecule has 0 radical (unpaired) electrons. The Labute approximate surface area is 108 Å². The minimum atomic E-state index is -0.719. The van der Waals surface area contributed by atoms with Gasteiger partial charge in [0.2, 0.25) is 0 Å². The number of rotatable bonds is 5. The second kappa shape index (κ2) is 6.40. The summed E-state index contributed by atoms with van der Waals surface area (Å²) in [6.45, 7) is 4.48. The summed E-state index contributed by atoms with van der Waals surface area (Å²) in [5.41, 5.74) is 3.42. The molecule has 100 valence electrons. The lowest BCUT2D eigenvalue weighted by Gasteiger charge is -2.24. The van der Waals surface area contributed by atoms with E-state index in [0.29, 0.717) is 6.54 Å². The van der Waals surface area contributed by atoms with E-state index in [1.807, 2.05) is 37.9 Å². The smallest absolute Gasteiger partial charge is 0.308 e. The first-order chi connectivity index (χ1) is 8.43. The number of nitrogens with zero attached hydrogens (tertiary/aromatic N) is 1. The van der Waals surface area contributed by atoms with Gasteiger partial charge in [0.1, 0.15) is 0 Å². The molecule has 1 atom stereocenters. The van der Waals surface area contributed by atoms with Crippen LogP contribution in [-0.2, 0) is 9.53 Å². The topological polar surface area (TPSA) is 49.8 Å². The van der Waals surface area contributed by atoms with Gasteiger partial charge >= 0.3 is 5.97 Å². The van der Waals surface area contributed by atoms with E-state index in [-0.39, 0.29) is 6.42 Å². The molecule has 0 saturated heterocycles. The highest BCUT2D eigenvalue weighted by Gasteiger charge is 2.14. The highest BCUT2D eigenvalue weighted by Crippen LogP contribution is 2.20. The highest BCUT2D eigenvalue weighted by molar-refractivity contribution is 5.69. The van der Waals surface area contributed by atoms with Crippen LogP contribution in [0.15, 0.2) is 18.2 Å². The Morgan fingerprint density at radius 1 is 1.44 bits per heavy atom. The number of esters is 1. The predicted octanol–water partition coefficient (Wildman–Crippen LogP) is 1.66. The summed E-state index contributed by atoms with van der Waals surface area (Å²) >= 11 is 0. The molecule has 0 heterocycles. The Bertz CT molecular complexity index is 418. The molecule has 4 heteroatoms. The average molecular weight is 251 g/mol. The number of ether oxygens (including phenoxy) is 1. The quantitative estimate of drug-likeness (QED) is 0.809. The highest BCUT2D eigenvalue weighted by atomic mass is 16.5. The van der Waals surface area contributed by atoms with E-state index in [1.54, 1.807) is 0 Å². The molecule has 1 aromatic rings. The Kier molecular flexibility index (Phi) is 5.16. The maximum atomic E-state index is 11.1. The zero-order valence-electron chi connectivity index (χ0n) is 11.4. The van der Waals surface area contributed by atoms with Crippen molar-refractivity contribution in [2.75, 3.05) is 25.6 Å². The number of carbonyl (C=O) groups is 1. The number of carbonyl (C=O) groups excluding carboxylic acids is 1. The van der Waals surface area contributed by atoms with Crippen LogP contribution in [0.5, 0.6) is 0 Å². The summed E-state index contributed by atoms with van der Waals surface area (Å²) in [6.07, 6.45) is -0.700. The maximum absolute atomic E-state index is 11.1. The second-order valence-electron chi connectivity index (χ2n) is 4.60. The van der Waals surface area contributed by atoms with Crippen LogP contribution >= 0.6 is 0 Å². The van der Waals surface area contributed by atoms with Crippen LogP contribution in [0.3, 0.4) is 0 Å². The van der Waals surface area contributed by atoms with E-state index in [4.69, 9.17) is 0 Å². The molecule has 1 aromatic carbocycles. The molecule has 0 amide bonds. The molecule has 0 saturated carbocycles. The summed E-state index contributed by atoms with van der Waals surface area (Å²) in [7, 11) is 3.22. The van der Waals surface area contributed by atoms with Crippen LogP contribution in [0, 0.1) is 13.8 Å². The van der Waals surface area contributed by atoms with Gasteiger partial charge in [-0.05, 0) is 25.5 Å². The minimum Gasteiger partial charge on any atom is -0.469 e. The third-order valence-electron chi connectivity index (χ3n) is 2.88. The molecule has 0 aliphatic heterocycles. The fraction of sp³-hybridized carbons (Fsp3) is 0.500. The molecule has 0 aliphatic carbocycles. The standard InChI is InChI=1S/C14H21NO3/c1-10-5-6-13(11(2)7-10)15(3)9-12(16)8-14(17)18-4/h5-7,12,16H,8-9H2,1-4H3. The van der Waals surface area contributed by atoms with Crippen LogP contribution in [0.1, 0.15) is 17.5 Å². The molecule has 0 bridgehead atoms. The number of benzene rings is 1. The summed E-state index contributed by atoms with van der Waals surface area (Å²) in [5.74, 6) is -0.392. The second-order valence-corrected chi connectivity index (χ2v) is 4.60. The molecule has 0 fully saturated rings. The zero-order chi connectivity index (χ0) is 13.7. The van der Waals surface area contributed by atoms with E-state index >= 15 is 0 Å². The van der Waals surface area contributed by atoms with Gasteiger partial charge in [0.15, 0.2) is 0 Å². The molecular formula is C14H21NO3. The third kappa shape index (κ3) is 4.04. The molecule has 1 unspecified atom stereocenters. The molecule has 1 rings (SSSR count). The molecule has 1 N–H and O–H groups in total. The Balaban J connectivity index is 2.64. The monoisotopic (exact) mass is 251 g/mol. The van der Waals surface area contributed by atoms with E-state index in [1.165, 1.54) is 12.7 Å². The fourth-order valence-corrected chi connectivity index (χ4v) is 1.99. The van der Waals surface area contributed by atoms with Crippen molar-refractivity contribution < 1.29 is 14.6 Å². The molecular weight excluding hydrogens is 230 g/mol. The van der Waals surface area contributed by atoms with Gasteiger partial charge in [-0.25, -0.2) is 0 Å². The Hall–Kier alpha value is -1.55. The van der Waals surface area contributed by atoms with Crippen LogP contribution in [0.25, 0.3) is 0 Å². The van der Waals surface area contributed by atoms with Gasteiger partial charge in [0, 0.05) is 19.3 Å². The average Bonchev–Trinajstić information content (AvgIpc) is 2.28. The van der Waals surface area contributed by atoms with Gasteiger partial charge in [0.25, 0.3) is 0 Å². The molecule has 4 nitrogen and oxygen atoms in total. The number of aliphatic hydroxyl groups is 1. The summed E-state index contributed by atoms with van der Waals surface area (Å²) in [6, 6.07) is 6.15. The number of aryl methyl sites for hydroxylation is 2. The number of likely N-dealkylation sites (N-methyl/N-ethyl adjacent to an activating group) is 1. The van der Waals surface area contributed by atoms with Crippen LogP contribution in [-0.4, -0.2) is 37.9 Å². The van der Waals surface area contributed by atoms with Crippen molar-refractivity contribution in [2.45, 2.75) is 26.4 Å². The van der Waals surface area contributed by atoms with E-state index in [9.17, 15) is 9.90 Å². The van der Waals surface area contributed by atoms with Crippen LogP contribution in [0.4, 0.5) is 5.69 Å². The first-order valence-corrected chi connectivity index (χ1v) is 5.97. The molecule has 18 heavy (non-hydrogen) atoms. The van der Waals surface area contributed by atoms with Crippen molar-refractivity contribution in [1.82, 2.24) is 0 Å². The van der Waals surface area contributed by atoms with Gasteiger partial charge in [-0.2, -0.15) is 0 Å². The normalized spacial score (nSPS) is 12.1. The number of anilines is 1. The van der Waals surface area contributed by atoms with Crippen molar-refractivity contribution >= 4 is 11.7 Å². The molecule has 0 aromatic heterocycles. The molecule has 0 spiro atoms. The van der Waals surface area contributed by atoms with Gasteiger partial charge in [-0.1, -0.05) is 17.7 Å². The number of hydrogen-bond acceptors (Lipinski definition) is 4. The van der Waals surface area contributed by atoms with Crippen molar-refractivity contribution in [2.24, 2.45) is 0 Å². The number of methoxy groups -OCH3 is 1. The number of aliphatic hydroxyl groups excluding tert-OH is 1. The lowest BCUT2D eigenvalue weighted by atomic mass is 10.1.